The standard InChI is InChI=1S/C21H24ClNO5/c1-13-4-6-15(22)11-16(13)21(25)23-8-9-28-19(12-24)20(23)14-5-7-17(26-2)18(10-14)27-3/h4-7,10-11,19-20,24H,8-9,12H2,1-3H3/t19-,20-/m1/s1. The number of aryl methyl sites for hydroxylation is 1. The van der Waals surface area contributed by atoms with Crippen LogP contribution in [0.2, 0.25) is 5.02 Å². The molecule has 150 valence electrons. The molecule has 1 heterocycles. The Labute approximate surface area is 169 Å². The number of halogens is 1. The van der Waals surface area contributed by atoms with E-state index in [1.54, 1.807) is 37.3 Å². The summed E-state index contributed by atoms with van der Waals surface area (Å²) in [7, 11) is 3.12. The van der Waals surface area contributed by atoms with E-state index in [1.165, 1.54) is 0 Å². The van der Waals surface area contributed by atoms with Crippen molar-refractivity contribution in [2.24, 2.45) is 0 Å². The molecule has 2 aromatic rings. The largest absolute Gasteiger partial charge is 0.493 e. The van der Waals surface area contributed by atoms with Gasteiger partial charge >= 0.3 is 0 Å². The Balaban J connectivity index is 2.04. The first-order chi connectivity index (χ1) is 13.5. The van der Waals surface area contributed by atoms with Crippen molar-refractivity contribution in [1.82, 2.24) is 4.90 Å². The van der Waals surface area contributed by atoms with Crippen molar-refractivity contribution in [2.75, 3.05) is 34.0 Å². The van der Waals surface area contributed by atoms with Crippen LogP contribution in [-0.2, 0) is 4.74 Å². The smallest absolute Gasteiger partial charge is 0.254 e. The number of methoxy groups -OCH3 is 2. The van der Waals surface area contributed by atoms with Crippen LogP contribution in [-0.4, -0.2) is 56.0 Å². The number of hydrogen-bond donors (Lipinski definition) is 1. The summed E-state index contributed by atoms with van der Waals surface area (Å²) in [4.78, 5) is 15.1. The second-order valence-electron chi connectivity index (χ2n) is 6.61. The Morgan fingerprint density at radius 3 is 2.64 bits per heavy atom. The fourth-order valence-corrected chi connectivity index (χ4v) is 3.70. The molecule has 1 aliphatic heterocycles. The van der Waals surface area contributed by atoms with Crippen molar-refractivity contribution < 1.29 is 24.1 Å². The Hall–Kier alpha value is -2.28. The van der Waals surface area contributed by atoms with Crippen LogP contribution in [0.5, 0.6) is 11.5 Å². The summed E-state index contributed by atoms with van der Waals surface area (Å²) in [6.07, 6.45) is -0.546. The molecule has 1 N–H and O–H groups in total. The summed E-state index contributed by atoms with van der Waals surface area (Å²) >= 11 is 6.12. The molecule has 0 aromatic heterocycles. The fourth-order valence-electron chi connectivity index (χ4n) is 3.52. The van der Waals surface area contributed by atoms with Crippen molar-refractivity contribution in [3.63, 3.8) is 0 Å². The average Bonchev–Trinajstić information content (AvgIpc) is 2.73. The van der Waals surface area contributed by atoms with Gasteiger partial charge in [0, 0.05) is 17.1 Å². The van der Waals surface area contributed by atoms with E-state index in [-0.39, 0.29) is 12.5 Å². The average molecular weight is 406 g/mol. The zero-order valence-corrected chi connectivity index (χ0v) is 16.9. The summed E-state index contributed by atoms with van der Waals surface area (Å²) in [6.45, 7) is 2.41. The number of amides is 1. The quantitative estimate of drug-likeness (QED) is 0.827. The molecule has 7 heteroatoms. The van der Waals surface area contributed by atoms with Crippen molar-refractivity contribution in [3.8, 4) is 11.5 Å². The molecule has 1 fully saturated rings. The molecule has 1 saturated heterocycles. The lowest BCUT2D eigenvalue weighted by Gasteiger charge is -2.41. The van der Waals surface area contributed by atoms with Gasteiger partial charge in [-0.25, -0.2) is 0 Å². The molecule has 3 rings (SSSR count). The van der Waals surface area contributed by atoms with Crippen molar-refractivity contribution in [2.45, 2.75) is 19.1 Å². The number of carbonyl (C=O) groups excluding carboxylic acids is 1. The summed E-state index contributed by atoms with van der Waals surface area (Å²) in [6, 6.07) is 10.2. The number of benzene rings is 2. The van der Waals surface area contributed by atoms with E-state index in [4.69, 9.17) is 25.8 Å². The number of nitrogens with zero attached hydrogens (tertiary/aromatic N) is 1. The Kier molecular flexibility index (Phi) is 6.44. The molecule has 0 bridgehead atoms. The number of rotatable bonds is 5. The molecule has 2 aromatic carbocycles. The third-order valence-electron chi connectivity index (χ3n) is 4.97. The van der Waals surface area contributed by atoms with E-state index in [0.717, 1.165) is 11.1 Å². The first-order valence-corrected chi connectivity index (χ1v) is 9.39. The van der Waals surface area contributed by atoms with Crippen LogP contribution in [0.1, 0.15) is 27.5 Å². The zero-order valence-electron chi connectivity index (χ0n) is 16.1. The van der Waals surface area contributed by atoms with Gasteiger partial charge in [-0.15, -0.1) is 0 Å². The topological polar surface area (TPSA) is 68.2 Å². The lowest BCUT2D eigenvalue weighted by Crippen LogP contribution is -2.49. The normalized spacial score (nSPS) is 19.4. The Morgan fingerprint density at radius 1 is 1.21 bits per heavy atom. The predicted octanol–water partition coefficient (Wildman–Crippen LogP) is 3.24. The van der Waals surface area contributed by atoms with Gasteiger partial charge < -0.3 is 24.2 Å². The van der Waals surface area contributed by atoms with Crippen LogP contribution in [0.3, 0.4) is 0 Å². The van der Waals surface area contributed by atoms with E-state index in [0.29, 0.717) is 35.2 Å². The Morgan fingerprint density at radius 2 is 1.96 bits per heavy atom. The molecule has 0 unspecified atom stereocenters. The number of hydrogen-bond acceptors (Lipinski definition) is 5. The minimum Gasteiger partial charge on any atom is -0.493 e. The first-order valence-electron chi connectivity index (χ1n) is 9.01. The van der Waals surface area contributed by atoms with Gasteiger partial charge in [0.05, 0.1) is 33.5 Å². The molecular weight excluding hydrogens is 382 g/mol. The van der Waals surface area contributed by atoms with Gasteiger partial charge in [-0.2, -0.15) is 0 Å². The lowest BCUT2D eigenvalue weighted by molar-refractivity contribution is -0.0812. The lowest BCUT2D eigenvalue weighted by atomic mass is 9.96. The van der Waals surface area contributed by atoms with Gasteiger partial charge in [0.25, 0.3) is 5.91 Å². The highest BCUT2D eigenvalue weighted by Crippen LogP contribution is 2.36. The van der Waals surface area contributed by atoms with Crippen LogP contribution in [0.25, 0.3) is 0 Å². The maximum atomic E-state index is 13.4. The SMILES string of the molecule is COc1ccc([C@@H]2[C@@H](CO)OCCN2C(=O)c2cc(Cl)ccc2C)cc1OC. The first kappa shape index (κ1) is 20.5. The molecule has 28 heavy (non-hydrogen) atoms. The molecule has 0 spiro atoms. The molecular formula is C21H24ClNO5. The van der Waals surface area contributed by atoms with E-state index in [2.05, 4.69) is 0 Å². The number of aliphatic hydroxyl groups is 1. The third kappa shape index (κ3) is 3.94. The van der Waals surface area contributed by atoms with Gasteiger partial charge in [-0.3, -0.25) is 4.79 Å². The van der Waals surface area contributed by atoms with Gasteiger partial charge in [0.1, 0.15) is 6.10 Å². The monoisotopic (exact) mass is 405 g/mol. The minimum atomic E-state index is -0.546. The summed E-state index contributed by atoms with van der Waals surface area (Å²) in [5, 5.41) is 10.4. The van der Waals surface area contributed by atoms with Gasteiger partial charge in [-0.1, -0.05) is 23.7 Å². The molecule has 6 nitrogen and oxygen atoms in total. The maximum Gasteiger partial charge on any atom is 0.254 e. The summed E-state index contributed by atoms with van der Waals surface area (Å²) in [5.74, 6) is 0.988. The van der Waals surface area contributed by atoms with E-state index in [9.17, 15) is 9.90 Å². The highest BCUT2D eigenvalue weighted by molar-refractivity contribution is 6.31. The van der Waals surface area contributed by atoms with Crippen LogP contribution in [0.4, 0.5) is 0 Å². The highest BCUT2D eigenvalue weighted by atomic mass is 35.5. The Bertz CT molecular complexity index is 857. The summed E-state index contributed by atoms with van der Waals surface area (Å²) in [5.41, 5.74) is 2.17. The van der Waals surface area contributed by atoms with Crippen LogP contribution >= 0.6 is 11.6 Å². The second kappa shape index (κ2) is 8.82. The third-order valence-corrected chi connectivity index (χ3v) is 5.21. The zero-order chi connectivity index (χ0) is 20.3. The predicted molar refractivity (Wildman–Crippen MR) is 106 cm³/mol. The van der Waals surface area contributed by atoms with E-state index >= 15 is 0 Å². The molecule has 1 aliphatic rings. The van der Waals surface area contributed by atoms with Crippen LogP contribution in [0, 0.1) is 6.92 Å². The number of aliphatic hydroxyl groups excluding tert-OH is 1. The van der Waals surface area contributed by atoms with Gasteiger partial charge in [0.15, 0.2) is 11.5 Å². The van der Waals surface area contributed by atoms with Crippen molar-refractivity contribution >= 4 is 17.5 Å². The maximum absolute atomic E-state index is 13.4. The molecule has 0 radical (unpaired) electrons. The number of morpholine rings is 1. The fraction of sp³-hybridized carbons (Fsp3) is 0.381. The van der Waals surface area contributed by atoms with Gasteiger partial charge in [-0.05, 0) is 42.3 Å². The van der Waals surface area contributed by atoms with Crippen LogP contribution in [0.15, 0.2) is 36.4 Å². The van der Waals surface area contributed by atoms with E-state index < -0.39 is 12.1 Å². The van der Waals surface area contributed by atoms with Crippen molar-refractivity contribution in [1.29, 1.82) is 0 Å². The minimum absolute atomic E-state index is 0.151. The molecule has 0 aliphatic carbocycles. The van der Waals surface area contributed by atoms with Gasteiger partial charge in [0.2, 0.25) is 0 Å². The second-order valence-corrected chi connectivity index (χ2v) is 7.05. The van der Waals surface area contributed by atoms with Crippen molar-refractivity contribution in [3.05, 3.63) is 58.1 Å². The molecule has 1 amide bonds. The molecule has 0 saturated carbocycles. The van der Waals surface area contributed by atoms with Crippen LogP contribution < -0.4 is 9.47 Å². The van der Waals surface area contributed by atoms with E-state index in [1.807, 2.05) is 25.1 Å². The number of ether oxygens (including phenoxy) is 3. The number of carbonyl (C=O) groups is 1. The molecule has 2 atom stereocenters. The summed E-state index contributed by atoms with van der Waals surface area (Å²) < 4.78 is 16.5. The highest BCUT2D eigenvalue weighted by Gasteiger charge is 2.37.